The lowest BCUT2D eigenvalue weighted by Crippen LogP contribution is -2.62. The van der Waals surface area contributed by atoms with Crippen molar-refractivity contribution in [2.45, 2.75) is 60.2 Å². The van der Waals surface area contributed by atoms with Crippen molar-refractivity contribution in [3.8, 4) is 11.1 Å². The van der Waals surface area contributed by atoms with Crippen LogP contribution in [0.1, 0.15) is 33.7 Å². The fraction of sp³-hybridized carbons (Fsp3) is 0.273. The van der Waals surface area contributed by atoms with Gasteiger partial charge in [-0.25, -0.2) is 4.79 Å². The molecule has 1 aliphatic heterocycles. The van der Waals surface area contributed by atoms with Gasteiger partial charge in [-0.3, -0.25) is 5.41 Å². The lowest BCUT2D eigenvalue weighted by atomic mass is 9.98. The number of benzene rings is 5. The molecular weight excluding hydrogens is 777 g/mol. The second-order valence-electron chi connectivity index (χ2n) is 13.4. The number of nitrogens with one attached hydrogen (secondary N) is 1. The summed E-state index contributed by atoms with van der Waals surface area (Å²) in [5, 5.41) is 8.47. The molecule has 56 heavy (non-hydrogen) atoms. The van der Waals surface area contributed by atoms with Crippen LogP contribution in [0, 0.1) is 5.41 Å². The molecule has 1 saturated heterocycles. The zero-order valence-corrected chi connectivity index (χ0v) is 32.4. The number of rotatable bonds is 14. The molecule has 0 amide bonds. The highest BCUT2D eigenvalue weighted by molar-refractivity contribution is 6.76. The molecule has 290 valence electrons. The molecule has 2 aliphatic rings. The first-order valence-corrected chi connectivity index (χ1v) is 19.3. The van der Waals surface area contributed by atoms with E-state index in [9.17, 15) is 4.79 Å². The van der Waals surface area contributed by atoms with Crippen LogP contribution >= 0.6 is 34.8 Å². The van der Waals surface area contributed by atoms with E-state index >= 15 is 0 Å². The highest BCUT2D eigenvalue weighted by atomic mass is 35.6. The van der Waals surface area contributed by atoms with Crippen LogP contribution in [-0.2, 0) is 53.0 Å². The number of hydrogen-bond acceptors (Lipinski definition) is 9. The number of alkyl halides is 3. The molecule has 7 rings (SSSR count). The highest BCUT2D eigenvalue weighted by Gasteiger charge is 2.52. The van der Waals surface area contributed by atoms with E-state index in [4.69, 9.17) is 73.4 Å². The molecule has 5 aromatic rings. The number of carbonyl (C=O) groups is 1. The third-order valence-electron chi connectivity index (χ3n) is 9.61. The first-order chi connectivity index (χ1) is 27.2. The standard InChI is InChI=1S/C44H40Cl3NO8/c45-44(46,47)42(48)56-41-40(55-43(49)53-27-36-34-22-12-10-20-32(34)33-21-11-13-23-35(33)36)39(52-26-31-18-8-3-9-19-31)38(51-25-30-16-6-2-7-17-30)37(54-41)28-50-24-29-14-4-1-5-15-29/h1-23,36-41,48H,24-28H2/t37-,38-,39+,40+,41+/m1/s1. The van der Waals surface area contributed by atoms with Gasteiger partial charge in [0, 0.05) is 5.92 Å². The maximum atomic E-state index is 13.8. The lowest BCUT2D eigenvalue weighted by molar-refractivity contribution is -0.304. The van der Waals surface area contributed by atoms with E-state index in [2.05, 4.69) is 12.1 Å². The van der Waals surface area contributed by atoms with Gasteiger partial charge in [0.1, 0.15) is 24.9 Å². The van der Waals surface area contributed by atoms with Crippen LogP contribution < -0.4 is 0 Å². The van der Waals surface area contributed by atoms with Crippen LogP contribution in [0.15, 0.2) is 140 Å². The smallest absolute Gasteiger partial charge is 0.444 e. The Morgan fingerprint density at radius 3 is 1.61 bits per heavy atom. The fourth-order valence-electron chi connectivity index (χ4n) is 6.94. The van der Waals surface area contributed by atoms with Gasteiger partial charge in [0.25, 0.3) is 3.79 Å². The molecular formula is C44H40Cl3NO8. The predicted octanol–water partition coefficient (Wildman–Crippen LogP) is 9.80. The quantitative estimate of drug-likeness (QED) is 0.0512. The van der Waals surface area contributed by atoms with Crippen molar-refractivity contribution >= 4 is 46.9 Å². The Morgan fingerprint density at radius 1 is 0.589 bits per heavy atom. The van der Waals surface area contributed by atoms with Gasteiger partial charge in [-0.2, -0.15) is 0 Å². The maximum absolute atomic E-state index is 13.8. The summed E-state index contributed by atoms with van der Waals surface area (Å²) < 4.78 is 41.4. The minimum atomic E-state index is -2.25. The summed E-state index contributed by atoms with van der Waals surface area (Å²) in [5.74, 6) is -0.969. The summed E-state index contributed by atoms with van der Waals surface area (Å²) in [6.07, 6.45) is -6.67. The van der Waals surface area contributed by atoms with Gasteiger partial charge in [0.15, 0.2) is 6.10 Å². The molecule has 0 bridgehead atoms. The molecule has 1 heterocycles. The first kappa shape index (κ1) is 39.8. The second kappa shape index (κ2) is 18.7. The molecule has 9 nitrogen and oxygen atoms in total. The lowest BCUT2D eigenvalue weighted by Gasteiger charge is -2.45. The average molecular weight is 817 g/mol. The molecule has 1 fully saturated rings. The Labute approximate surface area is 340 Å². The number of halogens is 3. The largest absolute Gasteiger partial charge is 0.508 e. The zero-order chi connectivity index (χ0) is 38.9. The van der Waals surface area contributed by atoms with Crippen molar-refractivity contribution in [2.24, 2.45) is 0 Å². The third-order valence-corrected chi connectivity index (χ3v) is 10.1. The van der Waals surface area contributed by atoms with E-state index in [1.54, 1.807) is 0 Å². The summed E-state index contributed by atoms with van der Waals surface area (Å²) in [6, 6.07) is 44.8. The van der Waals surface area contributed by atoms with Crippen LogP contribution in [-0.4, -0.2) is 59.8 Å². The second-order valence-corrected chi connectivity index (χ2v) is 15.7. The van der Waals surface area contributed by atoms with Gasteiger partial charge in [-0.1, -0.05) is 174 Å². The Morgan fingerprint density at radius 2 is 1.07 bits per heavy atom. The van der Waals surface area contributed by atoms with E-state index in [0.717, 1.165) is 38.9 Å². The Balaban J connectivity index is 1.18. The highest BCUT2D eigenvalue weighted by Crippen LogP contribution is 2.44. The summed E-state index contributed by atoms with van der Waals surface area (Å²) in [4.78, 5) is 13.8. The number of hydrogen-bond donors (Lipinski definition) is 1. The van der Waals surface area contributed by atoms with Crippen LogP contribution in [0.2, 0.25) is 0 Å². The molecule has 12 heteroatoms. The summed E-state index contributed by atoms with van der Waals surface area (Å²) in [7, 11) is 0. The van der Waals surface area contributed by atoms with Crippen LogP contribution in [0.5, 0.6) is 0 Å². The molecule has 5 aromatic carbocycles. The summed E-state index contributed by atoms with van der Waals surface area (Å²) in [6.45, 7) is 0.556. The fourth-order valence-corrected chi connectivity index (χ4v) is 7.08. The van der Waals surface area contributed by atoms with Crippen molar-refractivity contribution in [1.29, 1.82) is 5.41 Å². The van der Waals surface area contributed by atoms with E-state index in [-0.39, 0.29) is 39.0 Å². The summed E-state index contributed by atoms with van der Waals surface area (Å²) in [5.41, 5.74) is 6.93. The Bertz CT molecular complexity index is 2000. The number of carbonyl (C=O) groups excluding carboxylic acids is 1. The molecule has 0 spiro atoms. The number of ether oxygens (including phenoxy) is 7. The predicted molar refractivity (Wildman–Crippen MR) is 214 cm³/mol. The van der Waals surface area contributed by atoms with Gasteiger partial charge in [0.05, 0.1) is 26.4 Å². The zero-order valence-electron chi connectivity index (χ0n) is 30.2. The van der Waals surface area contributed by atoms with Crippen molar-refractivity contribution in [3.05, 3.63) is 167 Å². The maximum Gasteiger partial charge on any atom is 0.508 e. The van der Waals surface area contributed by atoms with Gasteiger partial charge in [-0.15, -0.1) is 0 Å². The van der Waals surface area contributed by atoms with Crippen LogP contribution in [0.3, 0.4) is 0 Å². The molecule has 0 unspecified atom stereocenters. The number of fused-ring (bicyclic) bond motifs is 3. The van der Waals surface area contributed by atoms with E-state index < -0.39 is 46.6 Å². The molecule has 0 radical (unpaired) electrons. The topological polar surface area (TPSA) is 106 Å². The normalized spacial score (nSPS) is 20.4. The third kappa shape index (κ3) is 9.91. The van der Waals surface area contributed by atoms with Crippen molar-refractivity contribution < 1.29 is 38.0 Å². The minimum absolute atomic E-state index is 0.00461. The minimum Gasteiger partial charge on any atom is -0.444 e. The van der Waals surface area contributed by atoms with E-state index in [1.165, 1.54) is 0 Å². The van der Waals surface area contributed by atoms with Gasteiger partial charge < -0.3 is 33.2 Å². The van der Waals surface area contributed by atoms with Crippen LogP contribution in [0.25, 0.3) is 11.1 Å². The molecule has 1 N–H and O–H groups in total. The monoisotopic (exact) mass is 815 g/mol. The van der Waals surface area contributed by atoms with E-state index in [1.807, 2.05) is 127 Å². The van der Waals surface area contributed by atoms with Gasteiger partial charge in [-0.05, 0) is 38.9 Å². The Kier molecular flexibility index (Phi) is 13.3. The average Bonchev–Trinajstić information content (AvgIpc) is 3.54. The van der Waals surface area contributed by atoms with E-state index in [0.29, 0.717) is 0 Å². The van der Waals surface area contributed by atoms with Crippen molar-refractivity contribution in [3.63, 3.8) is 0 Å². The van der Waals surface area contributed by atoms with Gasteiger partial charge >= 0.3 is 6.16 Å². The Hall–Kier alpha value is -4.45. The van der Waals surface area contributed by atoms with Crippen molar-refractivity contribution in [2.75, 3.05) is 13.2 Å². The molecule has 5 atom stereocenters. The molecule has 1 aliphatic carbocycles. The van der Waals surface area contributed by atoms with Gasteiger partial charge in [0.2, 0.25) is 12.2 Å². The summed E-state index contributed by atoms with van der Waals surface area (Å²) >= 11 is 18.3. The van der Waals surface area contributed by atoms with Crippen LogP contribution in [0.4, 0.5) is 4.79 Å². The van der Waals surface area contributed by atoms with Crippen molar-refractivity contribution in [1.82, 2.24) is 0 Å². The molecule has 0 aromatic heterocycles. The molecule has 0 saturated carbocycles. The SMILES string of the molecule is N=C(O[C@@H]1O[C@H](COCc2ccccc2)[C@@H](OCc2ccccc2)[C@H](OCc2ccccc2)[C@@H]1OC(=O)OCC1c2ccccc2-c2ccccc21)C(Cl)(Cl)Cl. The first-order valence-electron chi connectivity index (χ1n) is 18.2.